The number of rotatable bonds is 3. The van der Waals surface area contributed by atoms with Crippen LogP contribution in [0.4, 0.5) is 8.78 Å². The molecule has 3 nitrogen and oxygen atoms in total. The maximum absolute atomic E-state index is 12.1. The summed E-state index contributed by atoms with van der Waals surface area (Å²) in [6.07, 6.45) is -2.29. The van der Waals surface area contributed by atoms with Crippen molar-refractivity contribution in [2.75, 3.05) is 6.54 Å². The second-order valence-corrected chi connectivity index (χ2v) is 2.57. The Hall–Kier alpha value is -1.07. The molecule has 0 saturated heterocycles. The normalized spacial score (nSPS) is 13.3. The van der Waals surface area contributed by atoms with Crippen LogP contribution in [0.15, 0.2) is 18.3 Å². The molecule has 0 aliphatic heterocycles. The number of hydrogen-bond acceptors (Lipinski definition) is 3. The predicted octanol–water partition coefficient (Wildman–Crippen LogP) is 1.01. The van der Waals surface area contributed by atoms with Crippen molar-refractivity contribution in [3.8, 4) is 0 Å². The third kappa shape index (κ3) is 2.43. The molecule has 0 spiro atoms. The van der Waals surface area contributed by atoms with Gasteiger partial charge in [-0.3, -0.25) is 4.98 Å². The van der Waals surface area contributed by atoms with Gasteiger partial charge in [0.25, 0.3) is 6.43 Å². The van der Waals surface area contributed by atoms with Crippen molar-refractivity contribution in [1.82, 2.24) is 4.98 Å². The Kier molecular flexibility index (Phi) is 3.27. The molecule has 3 N–H and O–H groups in total. The van der Waals surface area contributed by atoms with Crippen LogP contribution in [0.2, 0.25) is 0 Å². The number of alkyl halides is 2. The fourth-order valence-corrected chi connectivity index (χ4v) is 0.928. The number of hydrogen-bond donors (Lipinski definition) is 2. The number of aliphatic hydroxyl groups excluding tert-OH is 1. The van der Waals surface area contributed by atoms with Crippen LogP contribution in [0.1, 0.15) is 23.8 Å². The predicted molar refractivity (Wildman–Crippen MR) is 43.2 cm³/mol. The average molecular weight is 188 g/mol. The average Bonchev–Trinajstić information content (AvgIpc) is 2.17. The largest absolute Gasteiger partial charge is 0.387 e. The van der Waals surface area contributed by atoms with E-state index >= 15 is 0 Å². The minimum atomic E-state index is -2.62. The second-order valence-electron chi connectivity index (χ2n) is 2.57. The molecular formula is C8H10F2N2O. The van der Waals surface area contributed by atoms with Gasteiger partial charge >= 0.3 is 0 Å². The van der Waals surface area contributed by atoms with Gasteiger partial charge in [0.1, 0.15) is 5.69 Å². The van der Waals surface area contributed by atoms with E-state index in [1.807, 2.05) is 0 Å². The Morgan fingerprint density at radius 1 is 1.54 bits per heavy atom. The lowest BCUT2D eigenvalue weighted by atomic mass is 10.1. The van der Waals surface area contributed by atoms with E-state index in [1.54, 1.807) is 0 Å². The molecule has 5 heteroatoms. The van der Waals surface area contributed by atoms with Gasteiger partial charge < -0.3 is 10.8 Å². The summed E-state index contributed by atoms with van der Waals surface area (Å²) in [4.78, 5) is 3.45. The number of nitrogens with two attached hydrogens (primary N) is 1. The molecule has 0 fully saturated rings. The standard InChI is InChI=1S/C8H10F2N2O/c9-8(10)6-3-5(1-2-12-6)7(13)4-11/h1-3,7-8,13H,4,11H2. The van der Waals surface area contributed by atoms with Crippen molar-refractivity contribution in [3.63, 3.8) is 0 Å². The maximum atomic E-state index is 12.1. The van der Waals surface area contributed by atoms with Crippen LogP contribution < -0.4 is 5.73 Å². The van der Waals surface area contributed by atoms with Crippen LogP contribution in [-0.4, -0.2) is 16.6 Å². The molecule has 1 aromatic heterocycles. The van der Waals surface area contributed by atoms with E-state index in [4.69, 9.17) is 5.73 Å². The van der Waals surface area contributed by atoms with Gasteiger partial charge in [0, 0.05) is 12.7 Å². The second kappa shape index (κ2) is 4.25. The zero-order valence-corrected chi connectivity index (χ0v) is 6.82. The van der Waals surface area contributed by atoms with Gasteiger partial charge in [-0.2, -0.15) is 0 Å². The van der Waals surface area contributed by atoms with Gasteiger partial charge in [-0.1, -0.05) is 0 Å². The third-order valence-corrected chi connectivity index (χ3v) is 1.64. The SMILES string of the molecule is NCC(O)c1ccnc(C(F)F)c1. The Labute approximate surface area is 74.2 Å². The van der Waals surface area contributed by atoms with E-state index < -0.39 is 12.5 Å². The Bertz CT molecular complexity index is 281. The van der Waals surface area contributed by atoms with Gasteiger partial charge in [-0.25, -0.2) is 8.78 Å². The lowest BCUT2D eigenvalue weighted by molar-refractivity contribution is 0.144. The van der Waals surface area contributed by atoms with Crippen molar-refractivity contribution in [2.45, 2.75) is 12.5 Å². The molecule has 1 heterocycles. The number of pyridine rings is 1. The lowest BCUT2D eigenvalue weighted by Crippen LogP contribution is -2.12. The number of halogens is 2. The molecule has 0 amide bonds. The van der Waals surface area contributed by atoms with Crippen molar-refractivity contribution < 1.29 is 13.9 Å². The van der Waals surface area contributed by atoms with E-state index in [2.05, 4.69) is 4.98 Å². The first kappa shape index (κ1) is 10.0. The molecule has 1 atom stereocenters. The van der Waals surface area contributed by atoms with Crippen LogP contribution in [0.5, 0.6) is 0 Å². The monoisotopic (exact) mass is 188 g/mol. The van der Waals surface area contributed by atoms with Crippen molar-refractivity contribution >= 4 is 0 Å². The zero-order chi connectivity index (χ0) is 9.84. The molecule has 0 radical (unpaired) electrons. The van der Waals surface area contributed by atoms with Crippen LogP contribution in [0.25, 0.3) is 0 Å². The van der Waals surface area contributed by atoms with Gasteiger partial charge in [0.05, 0.1) is 6.10 Å². The Morgan fingerprint density at radius 2 is 2.23 bits per heavy atom. The van der Waals surface area contributed by atoms with Crippen LogP contribution in [-0.2, 0) is 0 Å². The maximum Gasteiger partial charge on any atom is 0.280 e. The van der Waals surface area contributed by atoms with Gasteiger partial charge in [0.15, 0.2) is 0 Å². The first-order valence-corrected chi connectivity index (χ1v) is 3.77. The molecule has 0 aliphatic carbocycles. The van der Waals surface area contributed by atoms with Gasteiger partial charge in [0.2, 0.25) is 0 Å². The molecule has 0 saturated carbocycles. The third-order valence-electron chi connectivity index (χ3n) is 1.64. The Morgan fingerprint density at radius 3 is 2.77 bits per heavy atom. The molecule has 72 valence electrons. The molecule has 1 rings (SSSR count). The highest BCUT2D eigenvalue weighted by Gasteiger charge is 2.11. The number of aromatic nitrogens is 1. The smallest absolute Gasteiger partial charge is 0.280 e. The molecule has 1 unspecified atom stereocenters. The summed E-state index contributed by atoms with van der Waals surface area (Å²) in [6, 6.07) is 2.62. The molecule has 13 heavy (non-hydrogen) atoms. The minimum absolute atomic E-state index is 0.00664. The topological polar surface area (TPSA) is 59.1 Å². The lowest BCUT2D eigenvalue weighted by Gasteiger charge is -2.08. The van der Waals surface area contributed by atoms with E-state index in [1.165, 1.54) is 12.3 Å². The van der Waals surface area contributed by atoms with Crippen LogP contribution in [0.3, 0.4) is 0 Å². The summed E-state index contributed by atoms with van der Waals surface area (Å²) in [5.41, 5.74) is 5.20. The molecule has 1 aromatic rings. The first-order chi connectivity index (χ1) is 6.15. The Balaban J connectivity index is 2.91. The highest BCUT2D eigenvalue weighted by molar-refractivity contribution is 5.19. The summed E-state index contributed by atoms with van der Waals surface area (Å²) in [5.74, 6) is 0. The number of nitrogens with zero attached hydrogens (tertiary/aromatic N) is 1. The van der Waals surface area contributed by atoms with Gasteiger partial charge in [-0.05, 0) is 17.7 Å². The number of aliphatic hydroxyl groups is 1. The fourth-order valence-electron chi connectivity index (χ4n) is 0.928. The molecule has 0 aliphatic rings. The van der Waals surface area contributed by atoms with E-state index in [-0.39, 0.29) is 12.2 Å². The van der Waals surface area contributed by atoms with E-state index in [9.17, 15) is 13.9 Å². The van der Waals surface area contributed by atoms with E-state index in [0.717, 1.165) is 6.07 Å². The van der Waals surface area contributed by atoms with Crippen LogP contribution in [0, 0.1) is 0 Å². The zero-order valence-electron chi connectivity index (χ0n) is 6.82. The highest BCUT2D eigenvalue weighted by Crippen LogP contribution is 2.19. The van der Waals surface area contributed by atoms with E-state index in [0.29, 0.717) is 5.56 Å². The summed E-state index contributed by atoms with van der Waals surface area (Å²) < 4.78 is 24.3. The van der Waals surface area contributed by atoms with Crippen molar-refractivity contribution in [2.24, 2.45) is 5.73 Å². The highest BCUT2D eigenvalue weighted by atomic mass is 19.3. The van der Waals surface area contributed by atoms with Crippen molar-refractivity contribution in [1.29, 1.82) is 0 Å². The summed E-state index contributed by atoms with van der Waals surface area (Å²) in [5, 5.41) is 9.24. The first-order valence-electron chi connectivity index (χ1n) is 3.77. The van der Waals surface area contributed by atoms with Crippen molar-refractivity contribution in [3.05, 3.63) is 29.6 Å². The van der Waals surface area contributed by atoms with Crippen LogP contribution >= 0.6 is 0 Å². The molecule has 0 bridgehead atoms. The molecular weight excluding hydrogens is 178 g/mol. The van der Waals surface area contributed by atoms with Gasteiger partial charge in [-0.15, -0.1) is 0 Å². The summed E-state index contributed by atoms with van der Waals surface area (Å²) in [7, 11) is 0. The molecule has 0 aromatic carbocycles. The quantitative estimate of drug-likeness (QED) is 0.744. The fraction of sp³-hybridized carbons (Fsp3) is 0.375. The minimum Gasteiger partial charge on any atom is -0.387 e. The summed E-state index contributed by atoms with van der Waals surface area (Å²) in [6.45, 7) is 0.00664. The summed E-state index contributed by atoms with van der Waals surface area (Å²) >= 11 is 0.